The maximum atomic E-state index is 5.29. The van der Waals surface area contributed by atoms with Crippen LogP contribution >= 0.6 is 0 Å². The number of aromatic nitrogens is 3. The van der Waals surface area contributed by atoms with Crippen LogP contribution in [0.3, 0.4) is 0 Å². The van der Waals surface area contributed by atoms with Gasteiger partial charge in [-0.2, -0.15) is 0 Å². The lowest BCUT2D eigenvalue weighted by Gasteiger charge is -2.12. The summed E-state index contributed by atoms with van der Waals surface area (Å²) in [5.74, 6) is 0.670. The number of rotatable bonds is 3. The highest BCUT2D eigenvalue weighted by Crippen LogP contribution is 2.42. The Morgan fingerprint density at radius 1 is 0.419 bits per heavy atom. The summed E-state index contributed by atoms with van der Waals surface area (Å²) >= 11 is 0. The van der Waals surface area contributed by atoms with E-state index in [1.54, 1.807) is 0 Å². The van der Waals surface area contributed by atoms with E-state index in [4.69, 9.17) is 9.97 Å². The van der Waals surface area contributed by atoms with Crippen LogP contribution in [0.4, 0.5) is 0 Å². The zero-order valence-corrected chi connectivity index (χ0v) is 23.3. The van der Waals surface area contributed by atoms with Gasteiger partial charge in [0.05, 0.1) is 22.2 Å². The minimum atomic E-state index is 0.670. The van der Waals surface area contributed by atoms with Crippen molar-refractivity contribution in [1.82, 2.24) is 14.5 Å². The maximum Gasteiger partial charge on any atom is 0.235 e. The van der Waals surface area contributed by atoms with E-state index in [1.165, 1.54) is 43.4 Å². The highest BCUT2D eigenvalue weighted by Gasteiger charge is 2.21. The van der Waals surface area contributed by atoms with E-state index < -0.39 is 0 Å². The Morgan fingerprint density at radius 2 is 1.12 bits per heavy atom. The number of hydrogen-bond donors (Lipinski definition) is 0. The molecule has 0 aliphatic heterocycles. The van der Waals surface area contributed by atoms with Gasteiger partial charge in [-0.1, -0.05) is 127 Å². The molecule has 9 rings (SSSR count). The highest BCUT2D eigenvalue weighted by molar-refractivity contribution is 6.25. The monoisotopic (exact) mass is 547 g/mol. The molecule has 0 aliphatic carbocycles. The Kier molecular flexibility index (Phi) is 5.20. The Labute approximate surface area is 248 Å². The third-order valence-electron chi connectivity index (χ3n) is 8.58. The van der Waals surface area contributed by atoms with Crippen molar-refractivity contribution >= 4 is 54.3 Å². The van der Waals surface area contributed by atoms with E-state index in [0.29, 0.717) is 5.95 Å². The average molecular weight is 548 g/mol. The van der Waals surface area contributed by atoms with Gasteiger partial charge in [0.25, 0.3) is 0 Å². The average Bonchev–Trinajstić information content (AvgIpc) is 3.43. The predicted molar refractivity (Wildman–Crippen MR) is 180 cm³/mol. The van der Waals surface area contributed by atoms with Crippen LogP contribution in [-0.2, 0) is 0 Å². The van der Waals surface area contributed by atoms with Crippen LogP contribution in [0.15, 0.2) is 152 Å². The van der Waals surface area contributed by atoms with E-state index in [0.717, 1.165) is 33.2 Å². The van der Waals surface area contributed by atoms with Gasteiger partial charge in [0.1, 0.15) is 0 Å². The zero-order chi connectivity index (χ0) is 28.3. The summed E-state index contributed by atoms with van der Waals surface area (Å²) in [6, 6.07) is 53.7. The van der Waals surface area contributed by atoms with E-state index in [2.05, 4.69) is 144 Å². The molecule has 3 heteroatoms. The molecule has 0 bridgehead atoms. The highest BCUT2D eigenvalue weighted by atomic mass is 15.2. The molecule has 0 fully saturated rings. The van der Waals surface area contributed by atoms with Gasteiger partial charge in [-0.25, -0.2) is 9.97 Å². The second-order valence-electron chi connectivity index (χ2n) is 11.0. The van der Waals surface area contributed by atoms with Crippen molar-refractivity contribution in [3.8, 4) is 28.3 Å². The molecule has 0 saturated carbocycles. The first-order valence-electron chi connectivity index (χ1n) is 14.6. The molecule has 2 aromatic heterocycles. The van der Waals surface area contributed by atoms with Gasteiger partial charge in [-0.15, -0.1) is 0 Å². The number of para-hydroxylation sites is 1. The van der Waals surface area contributed by atoms with Gasteiger partial charge in [-0.3, -0.25) is 4.57 Å². The number of fused-ring (bicyclic) bond motifs is 7. The molecule has 3 nitrogen and oxygen atoms in total. The Bertz CT molecular complexity index is 2510. The summed E-state index contributed by atoms with van der Waals surface area (Å²) < 4.78 is 2.25. The van der Waals surface area contributed by atoms with Gasteiger partial charge in [0.2, 0.25) is 5.95 Å². The number of benzene rings is 7. The first kappa shape index (κ1) is 23.9. The van der Waals surface area contributed by atoms with Gasteiger partial charge < -0.3 is 0 Å². The minimum Gasteiger partial charge on any atom is -0.278 e. The van der Waals surface area contributed by atoms with Crippen molar-refractivity contribution in [2.75, 3.05) is 0 Å². The molecule has 43 heavy (non-hydrogen) atoms. The molecule has 0 atom stereocenters. The molecule has 7 aromatic carbocycles. The first-order valence-corrected chi connectivity index (χ1v) is 14.6. The lowest BCUT2D eigenvalue weighted by atomic mass is 9.95. The third kappa shape index (κ3) is 3.68. The largest absolute Gasteiger partial charge is 0.278 e. The smallest absolute Gasteiger partial charge is 0.235 e. The van der Waals surface area contributed by atoms with Gasteiger partial charge in [-0.05, 0) is 56.9 Å². The fraction of sp³-hybridized carbons (Fsp3) is 0. The fourth-order valence-corrected chi connectivity index (χ4v) is 6.62. The Morgan fingerprint density at radius 3 is 2.00 bits per heavy atom. The summed E-state index contributed by atoms with van der Waals surface area (Å²) in [7, 11) is 0. The lowest BCUT2D eigenvalue weighted by molar-refractivity contribution is 1.01. The van der Waals surface area contributed by atoms with Gasteiger partial charge >= 0.3 is 0 Å². The van der Waals surface area contributed by atoms with Crippen LogP contribution in [0, 0.1) is 0 Å². The molecule has 200 valence electrons. The van der Waals surface area contributed by atoms with E-state index >= 15 is 0 Å². The topological polar surface area (TPSA) is 30.7 Å². The molecular weight excluding hydrogens is 522 g/mol. The first-order chi connectivity index (χ1) is 21.3. The molecule has 0 amide bonds. The quantitative estimate of drug-likeness (QED) is 0.220. The van der Waals surface area contributed by atoms with Crippen molar-refractivity contribution in [2.24, 2.45) is 0 Å². The van der Waals surface area contributed by atoms with Crippen LogP contribution in [0.2, 0.25) is 0 Å². The van der Waals surface area contributed by atoms with E-state index in [9.17, 15) is 0 Å². The standard InChI is InChI=1S/C40H25N3/c1-2-13-28(14-3-1)39-33-17-8-9-19-34(33)41-40(42-39)43-35-20-10-18-32(30-22-21-26-11-4-5-15-29(26)25-30)38(35)37-31-16-7-6-12-27(31)23-24-36(37)43/h1-25H. The molecular formula is C40H25N3. The van der Waals surface area contributed by atoms with Gasteiger partial charge in [0.15, 0.2) is 0 Å². The summed E-state index contributed by atoms with van der Waals surface area (Å²) in [6.07, 6.45) is 0. The Balaban J connectivity index is 1.43. The van der Waals surface area contributed by atoms with Crippen LogP contribution in [0.5, 0.6) is 0 Å². The van der Waals surface area contributed by atoms with Crippen molar-refractivity contribution in [2.45, 2.75) is 0 Å². The summed E-state index contributed by atoms with van der Waals surface area (Å²) in [5.41, 5.74) is 7.51. The molecule has 0 saturated heterocycles. The molecule has 0 aliphatic rings. The molecule has 0 unspecified atom stereocenters. The second kappa shape index (κ2) is 9.37. The fourth-order valence-electron chi connectivity index (χ4n) is 6.62. The lowest BCUT2D eigenvalue weighted by Crippen LogP contribution is -2.03. The molecule has 0 N–H and O–H groups in total. The number of hydrogen-bond acceptors (Lipinski definition) is 2. The molecule has 0 radical (unpaired) electrons. The zero-order valence-electron chi connectivity index (χ0n) is 23.3. The summed E-state index contributed by atoms with van der Waals surface area (Å²) in [6.45, 7) is 0. The third-order valence-corrected chi connectivity index (χ3v) is 8.58. The number of nitrogens with zero attached hydrogens (tertiary/aromatic N) is 3. The molecule has 0 spiro atoms. The molecule has 2 heterocycles. The Hall–Kier alpha value is -5.80. The minimum absolute atomic E-state index is 0.670. The summed E-state index contributed by atoms with van der Waals surface area (Å²) in [5, 5.41) is 8.38. The normalized spacial score (nSPS) is 11.7. The predicted octanol–water partition coefficient (Wildman–Crippen LogP) is 10.4. The van der Waals surface area contributed by atoms with E-state index in [-0.39, 0.29) is 0 Å². The van der Waals surface area contributed by atoms with Crippen molar-refractivity contribution in [3.05, 3.63) is 152 Å². The SMILES string of the molecule is c1ccc(-c2nc(-n3c4cccc(-c5ccc6ccccc6c5)c4c4c5ccccc5ccc43)nc3ccccc23)cc1. The van der Waals surface area contributed by atoms with Crippen molar-refractivity contribution in [1.29, 1.82) is 0 Å². The van der Waals surface area contributed by atoms with Crippen molar-refractivity contribution < 1.29 is 0 Å². The van der Waals surface area contributed by atoms with E-state index in [1.807, 2.05) is 12.1 Å². The second-order valence-corrected chi connectivity index (χ2v) is 11.0. The molecule has 9 aromatic rings. The van der Waals surface area contributed by atoms with Crippen molar-refractivity contribution in [3.63, 3.8) is 0 Å². The maximum absolute atomic E-state index is 5.29. The van der Waals surface area contributed by atoms with Crippen LogP contribution < -0.4 is 0 Å². The summed E-state index contributed by atoms with van der Waals surface area (Å²) in [4.78, 5) is 10.5. The van der Waals surface area contributed by atoms with Gasteiger partial charge in [0, 0.05) is 21.7 Å². The van der Waals surface area contributed by atoms with Crippen LogP contribution in [0.1, 0.15) is 0 Å². The van der Waals surface area contributed by atoms with Crippen LogP contribution in [-0.4, -0.2) is 14.5 Å². The van der Waals surface area contributed by atoms with Crippen LogP contribution in [0.25, 0.3) is 82.6 Å².